The summed E-state index contributed by atoms with van der Waals surface area (Å²) in [5, 5.41) is 0. The van der Waals surface area contributed by atoms with Gasteiger partial charge in [0.05, 0.1) is 6.04 Å². The van der Waals surface area contributed by atoms with Crippen molar-refractivity contribution in [2.45, 2.75) is 45.6 Å². The highest BCUT2D eigenvalue weighted by Gasteiger charge is 2.26. The molecule has 0 heterocycles. The van der Waals surface area contributed by atoms with Crippen molar-refractivity contribution in [3.8, 4) is 0 Å². The van der Waals surface area contributed by atoms with Gasteiger partial charge in [-0.2, -0.15) is 0 Å². The molecule has 0 aromatic carbocycles. The summed E-state index contributed by atoms with van der Waals surface area (Å²) in [6, 6.07) is -0.203. The lowest BCUT2D eigenvalue weighted by molar-refractivity contribution is -0.120. The van der Waals surface area contributed by atoms with Crippen molar-refractivity contribution >= 4 is 5.78 Å². The second-order valence-corrected chi connectivity index (χ2v) is 4.35. The maximum absolute atomic E-state index is 11.4. The second kappa shape index (κ2) is 4.04. The van der Waals surface area contributed by atoms with Crippen LogP contribution in [-0.2, 0) is 4.79 Å². The molecular formula is C10H19NO. The Kier molecular flexibility index (Phi) is 3.27. The lowest BCUT2D eigenvalue weighted by Gasteiger charge is -2.12. The number of ketones is 1. The van der Waals surface area contributed by atoms with Gasteiger partial charge in [-0.15, -0.1) is 0 Å². The third-order valence-electron chi connectivity index (χ3n) is 2.33. The molecule has 70 valence electrons. The largest absolute Gasteiger partial charge is 0.322 e. The summed E-state index contributed by atoms with van der Waals surface area (Å²) in [6.07, 6.45) is 4.04. The smallest absolute Gasteiger partial charge is 0.149 e. The Morgan fingerprint density at radius 2 is 2.08 bits per heavy atom. The van der Waals surface area contributed by atoms with Crippen molar-refractivity contribution in [1.82, 2.24) is 0 Å². The molecule has 1 fully saturated rings. The molecule has 0 aromatic rings. The van der Waals surface area contributed by atoms with E-state index < -0.39 is 0 Å². The van der Waals surface area contributed by atoms with Gasteiger partial charge in [0.25, 0.3) is 0 Å². The van der Waals surface area contributed by atoms with Crippen LogP contribution in [0.2, 0.25) is 0 Å². The van der Waals surface area contributed by atoms with E-state index in [9.17, 15) is 4.79 Å². The first-order valence-electron chi connectivity index (χ1n) is 4.88. The molecule has 1 rings (SSSR count). The van der Waals surface area contributed by atoms with Crippen molar-refractivity contribution in [2.24, 2.45) is 17.6 Å². The van der Waals surface area contributed by atoms with Crippen LogP contribution in [0.5, 0.6) is 0 Å². The molecule has 1 aliphatic rings. The number of rotatable bonds is 5. The van der Waals surface area contributed by atoms with E-state index in [0.29, 0.717) is 11.8 Å². The quantitative estimate of drug-likeness (QED) is 0.681. The summed E-state index contributed by atoms with van der Waals surface area (Å²) in [6.45, 7) is 4.20. The van der Waals surface area contributed by atoms with Gasteiger partial charge in [0.15, 0.2) is 0 Å². The van der Waals surface area contributed by atoms with Gasteiger partial charge in [-0.3, -0.25) is 4.79 Å². The molecule has 1 unspecified atom stereocenters. The van der Waals surface area contributed by atoms with E-state index in [1.54, 1.807) is 0 Å². The molecule has 0 aliphatic heterocycles. The molecule has 2 nitrogen and oxygen atoms in total. The first kappa shape index (κ1) is 9.72. The highest BCUT2D eigenvalue weighted by atomic mass is 16.1. The number of carbonyl (C=O) groups is 1. The van der Waals surface area contributed by atoms with E-state index in [2.05, 4.69) is 13.8 Å². The third kappa shape index (κ3) is 3.35. The van der Waals surface area contributed by atoms with Crippen LogP contribution in [0, 0.1) is 11.8 Å². The molecule has 1 saturated carbocycles. The van der Waals surface area contributed by atoms with Crippen LogP contribution in [0.25, 0.3) is 0 Å². The fraction of sp³-hybridized carbons (Fsp3) is 0.900. The van der Waals surface area contributed by atoms with Crippen LogP contribution >= 0.6 is 0 Å². The summed E-state index contributed by atoms with van der Waals surface area (Å²) in [4.78, 5) is 11.4. The minimum absolute atomic E-state index is 0.203. The molecule has 1 aliphatic carbocycles. The zero-order chi connectivity index (χ0) is 9.14. The standard InChI is InChI=1S/C10H19NO/c1-7(2)5-9(11)10(12)6-8-3-4-8/h7-9H,3-6,11H2,1-2H3. The van der Waals surface area contributed by atoms with E-state index in [-0.39, 0.29) is 11.8 Å². The zero-order valence-electron chi connectivity index (χ0n) is 8.05. The van der Waals surface area contributed by atoms with Crippen LogP contribution in [-0.4, -0.2) is 11.8 Å². The molecule has 0 amide bonds. The number of nitrogens with two attached hydrogens (primary N) is 1. The Bertz CT molecular complexity index is 161. The van der Waals surface area contributed by atoms with E-state index in [1.165, 1.54) is 12.8 Å². The second-order valence-electron chi connectivity index (χ2n) is 4.35. The van der Waals surface area contributed by atoms with Crippen molar-refractivity contribution in [1.29, 1.82) is 0 Å². The van der Waals surface area contributed by atoms with Gasteiger partial charge in [0, 0.05) is 6.42 Å². The molecule has 2 heteroatoms. The topological polar surface area (TPSA) is 43.1 Å². The Morgan fingerprint density at radius 1 is 1.50 bits per heavy atom. The van der Waals surface area contributed by atoms with Crippen molar-refractivity contribution in [3.63, 3.8) is 0 Å². The number of Topliss-reactive ketones (excluding diaryl/α,β-unsaturated/α-hetero) is 1. The molecule has 0 bridgehead atoms. The number of hydrogen-bond donors (Lipinski definition) is 1. The summed E-state index contributed by atoms with van der Waals surface area (Å²) >= 11 is 0. The van der Waals surface area contributed by atoms with Gasteiger partial charge >= 0.3 is 0 Å². The molecule has 0 spiro atoms. The lowest BCUT2D eigenvalue weighted by atomic mass is 9.98. The Morgan fingerprint density at radius 3 is 2.50 bits per heavy atom. The highest BCUT2D eigenvalue weighted by molar-refractivity contribution is 5.84. The van der Waals surface area contributed by atoms with Gasteiger partial charge in [-0.1, -0.05) is 13.8 Å². The number of hydrogen-bond acceptors (Lipinski definition) is 2. The summed E-state index contributed by atoms with van der Waals surface area (Å²) < 4.78 is 0. The predicted molar refractivity (Wildman–Crippen MR) is 49.8 cm³/mol. The lowest BCUT2D eigenvalue weighted by Crippen LogP contribution is -2.32. The molecule has 2 N–H and O–H groups in total. The normalized spacial score (nSPS) is 19.7. The van der Waals surface area contributed by atoms with E-state index in [0.717, 1.165) is 12.8 Å². The van der Waals surface area contributed by atoms with E-state index in [4.69, 9.17) is 5.73 Å². The third-order valence-corrected chi connectivity index (χ3v) is 2.33. The monoisotopic (exact) mass is 169 g/mol. The molecular weight excluding hydrogens is 150 g/mol. The number of carbonyl (C=O) groups excluding carboxylic acids is 1. The zero-order valence-corrected chi connectivity index (χ0v) is 8.05. The maximum Gasteiger partial charge on any atom is 0.149 e. The van der Waals surface area contributed by atoms with E-state index in [1.807, 2.05) is 0 Å². The minimum Gasteiger partial charge on any atom is -0.322 e. The molecule has 0 saturated heterocycles. The molecule has 0 radical (unpaired) electrons. The molecule has 0 aromatic heterocycles. The SMILES string of the molecule is CC(C)CC(N)C(=O)CC1CC1. The van der Waals surface area contributed by atoms with Crippen LogP contribution in [0.3, 0.4) is 0 Å². The Balaban J connectivity index is 2.19. The fourth-order valence-electron chi connectivity index (χ4n) is 1.40. The maximum atomic E-state index is 11.4. The van der Waals surface area contributed by atoms with Crippen LogP contribution in [0.4, 0.5) is 0 Å². The van der Waals surface area contributed by atoms with Crippen LogP contribution < -0.4 is 5.73 Å². The van der Waals surface area contributed by atoms with Crippen molar-refractivity contribution in [3.05, 3.63) is 0 Å². The van der Waals surface area contributed by atoms with Gasteiger partial charge in [0.1, 0.15) is 5.78 Å². The van der Waals surface area contributed by atoms with Crippen LogP contribution in [0.1, 0.15) is 39.5 Å². The van der Waals surface area contributed by atoms with Gasteiger partial charge in [-0.25, -0.2) is 0 Å². The van der Waals surface area contributed by atoms with Gasteiger partial charge in [-0.05, 0) is 31.1 Å². The first-order valence-corrected chi connectivity index (χ1v) is 4.88. The van der Waals surface area contributed by atoms with Crippen LogP contribution in [0.15, 0.2) is 0 Å². The summed E-state index contributed by atoms with van der Waals surface area (Å²) in [7, 11) is 0. The Labute approximate surface area is 74.5 Å². The van der Waals surface area contributed by atoms with Crippen molar-refractivity contribution < 1.29 is 4.79 Å². The predicted octanol–water partition coefficient (Wildman–Crippen LogP) is 1.73. The first-order chi connectivity index (χ1) is 5.59. The van der Waals surface area contributed by atoms with Gasteiger partial charge in [0.2, 0.25) is 0 Å². The fourth-order valence-corrected chi connectivity index (χ4v) is 1.40. The Hall–Kier alpha value is -0.370. The summed E-state index contributed by atoms with van der Waals surface area (Å²) in [5.74, 6) is 1.48. The summed E-state index contributed by atoms with van der Waals surface area (Å²) in [5.41, 5.74) is 5.74. The average molecular weight is 169 g/mol. The highest BCUT2D eigenvalue weighted by Crippen LogP contribution is 2.32. The van der Waals surface area contributed by atoms with E-state index >= 15 is 0 Å². The minimum atomic E-state index is -0.203. The molecule has 12 heavy (non-hydrogen) atoms. The van der Waals surface area contributed by atoms with Gasteiger partial charge < -0.3 is 5.73 Å². The van der Waals surface area contributed by atoms with Crippen molar-refractivity contribution in [2.75, 3.05) is 0 Å². The average Bonchev–Trinajstić information content (AvgIpc) is 2.70. The molecule has 1 atom stereocenters.